The van der Waals surface area contributed by atoms with Crippen LogP contribution in [0.3, 0.4) is 0 Å². The van der Waals surface area contributed by atoms with Crippen molar-refractivity contribution in [2.45, 2.75) is 18.8 Å². The second-order valence-corrected chi connectivity index (χ2v) is 4.49. The van der Waals surface area contributed by atoms with Gasteiger partial charge < -0.3 is 14.6 Å². The van der Waals surface area contributed by atoms with E-state index in [1.54, 1.807) is 14.2 Å². The van der Waals surface area contributed by atoms with Crippen molar-refractivity contribution in [1.29, 1.82) is 0 Å². The van der Waals surface area contributed by atoms with Crippen LogP contribution in [0, 0.1) is 5.92 Å². The molecular weight excluding hydrogens is 204 g/mol. The van der Waals surface area contributed by atoms with Crippen LogP contribution in [0.1, 0.15) is 18.9 Å². The topological polar surface area (TPSA) is 38.7 Å². The minimum absolute atomic E-state index is 0.125. The average Bonchev–Trinajstić information content (AvgIpc) is 3.00. The SMILES string of the molecule is COc1ccc(OC)c(C2(CO)CC2C)c1. The third kappa shape index (κ3) is 1.55. The molecule has 2 unspecified atom stereocenters. The van der Waals surface area contributed by atoms with Crippen molar-refractivity contribution < 1.29 is 14.6 Å². The number of benzene rings is 1. The first-order chi connectivity index (χ1) is 7.67. The second kappa shape index (κ2) is 3.98. The third-order valence-electron chi connectivity index (χ3n) is 3.68. The lowest BCUT2D eigenvalue weighted by Gasteiger charge is -2.18. The summed E-state index contributed by atoms with van der Waals surface area (Å²) in [5, 5.41) is 9.57. The van der Waals surface area contributed by atoms with Gasteiger partial charge in [-0.1, -0.05) is 6.92 Å². The summed E-state index contributed by atoms with van der Waals surface area (Å²) >= 11 is 0. The van der Waals surface area contributed by atoms with E-state index in [1.165, 1.54) is 0 Å². The molecule has 0 aromatic heterocycles. The van der Waals surface area contributed by atoms with Gasteiger partial charge in [-0.3, -0.25) is 0 Å². The van der Waals surface area contributed by atoms with Crippen LogP contribution in [0.25, 0.3) is 0 Å². The van der Waals surface area contributed by atoms with E-state index < -0.39 is 0 Å². The number of aliphatic hydroxyl groups excluding tert-OH is 1. The van der Waals surface area contributed by atoms with Gasteiger partial charge in [-0.05, 0) is 30.5 Å². The summed E-state index contributed by atoms with van der Waals surface area (Å²) < 4.78 is 10.6. The van der Waals surface area contributed by atoms with E-state index in [-0.39, 0.29) is 12.0 Å². The van der Waals surface area contributed by atoms with Gasteiger partial charge in [0.25, 0.3) is 0 Å². The molecule has 0 bridgehead atoms. The van der Waals surface area contributed by atoms with Crippen molar-refractivity contribution in [2.75, 3.05) is 20.8 Å². The highest BCUT2D eigenvalue weighted by Gasteiger charge is 2.53. The van der Waals surface area contributed by atoms with E-state index in [0.717, 1.165) is 23.5 Å². The third-order valence-corrected chi connectivity index (χ3v) is 3.68. The van der Waals surface area contributed by atoms with Gasteiger partial charge in [-0.25, -0.2) is 0 Å². The highest BCUT2D eigenvalue weighted by Crippen LogP contribution is 2.56. The minimum atomic E-state index is -0.125. The van der Waals surface area contributed by atoms with Gasteiger partial charge in [0.1, 0.15) is 11.5 Å². The maximum Gasteiger partial charge on any atom is 0.122 e. The predicted molar refractivity (Wildman–Crippen MR) is 62.1 cm³/mol. The lowest BCUT2D eigenvalue weighted by molar-refractivity contribution is 0.243. The molecule has 0 saturated heterocycles. The van der Waals surface area contributed by atoms with Gasteiger partial charge in [0, 0.05) is 11.0 Å². The molecule has 0 amide bonds. The molecule has 1 aliphatic carbocycles. The van der Waals surface area contributed by atoms with Crippen LogP contribution in [-0.4, -0.2) is 25.9 Å². The summed E-state index contributed by atoms with van der Waals surface area (Å²) in [6.07, 6.45) is 1.01. The first-order valence-corrected chi connectivity index (χ1v) is 5.51. The lowest BCUT2D eigenvalue weighted by atomic mass is 9.93. The van der Waals surface area contributed by atoms with Crippen molar-refractivity contribution in [2.24, 2.45) is 5.92 Å². The summed E-state index contributed by atoms with van der Waals surface area (Å²) in [7, 11) is 3.30. The van der Waals surface area contributed by atoms with Crippen LogP contribution in [0.2, 0.25) is 0 Å². The van der Waals surface area contributed by atoms with Gasteiger partial charge >= 0.3 is 0 Å². The standard InChI is InChI=1S/C13H18O3/c1-9-7-13(9,8-14)11-6-10(15-2)4-5-12(11)16-3/h4-6,9,14H,7-8H2,1-3H3. The zero-order valence-corrected chi connectivity index (χ0v) is 9.99. The number of methoxy groups -OCH3 is 2. The lowest BCUT2D eigenvalue weighted by Crippen LogP contribution is -2.16. The zero-order chi connectivity index (χ0) is 11.8. The fourth-order valence-electron chi connectivity index (χ4n) is 2.37. The monoisotopic (exact) mass is 222 g/mol. The number of aliphatic hydroxyl groups is 1. The van der Waals surface area contributed by atoms with Crippen LogP contribution in [-0.2, 0) is 5.41 Å². The molecule has 2 atom stereocenters. The predicted octanol–water partition coefficient (Wildman–Crippen LogP) is 1.97. The van der Waals surface area contributed by atoms with Crippen molar-refractivity contribution in [3.63, 3.8) is 0 Å². The smallest absolute Gasteiger partial charge is 0.122 e. The maximum atomic E-state index is 9.57. The normalized spacial score (nSPS) is 27.6. The Balaban J connectivity index is 2.45. The van der Waals surface area contributed by atoms with E-state index in [2.05, 4.69) is 6.92 Å². The molecule has 0 heterocycles. The summed E-state index contributed by atoms with van der Waals surface area (Å²) in [5.74, 6) is 2.14. The fraction of sp³-hybridized carbons (Fsp3) is 0.538. The summed E-state index contributed by atoms with van der Waals surface area (Å²) in [4.78, 5) is 0. The Morgan fingerprint density at radius 1 is 1.38 bits per heavy atom. The van der Waals surface area contributed by atoms with Gasteiger partial charge in [0.15, 0.2) is 0 Å². The van der Waals surface area contributed by atoms with E-state index in [1.807, 2.05) is 18.2 Å². The molecule has 1 aliphatic rings. The van der Waals surface area contributed by atoms with Gasteiger partial charge in [-0.15, -0.1) is 0 Å². The molecule has 88 valence electrons. The van der Waals surface area contributed by atoms with Crippen LogP contribution in [0.5, 0.6) is 11.5 Å². The highest BCUT2D eigenvalue weighted by atomic mass is 16.5. The molecule has 1 N–H and O–H groups in total. The fourth-order valence-corrected chi connectivity index (χ4v) is 2.37. The van der Waals surface area contributed by atoms with Crippen molar-refractivity contribution in [3.05, 3.63) is 23.8 Å². The molecular formula is C13H18O3. The van der Waals surface area contributed by atoms with Crippen molar-refractivity contribution in [3.8, 4) is 11.5 Å². The Labute approximate surface area is 96.0 Å². The van der Waals surface area contributed by atoms with Crippen molar-refractivity contribution >= 4 is 0 Å². The molecule has 0 aliphatic heterocycles. The van der Waals surface area contributed by atoms with Crippen LogP contribution in [0.15, 0.2) is 18.2 Å². The Kier molecular flexibility index (Phi) is 2.80. The van der Waals surface area contributed by atoms with Crippen LogP contribution >= 0.6 is 0 Å². The van der Waals surface area contributed by atoms with Gasteiger partial charge in [0.2, 0.25) is 0 Å². The Morgan fingerprint density at radius 3 is 2.50 bits per heavy atom. The highest BCUT2D eigenvalue weighted by molar-refractivity contribution is 5.48. The van der Waals surface area contributed by atoms with Crippen molar-refractivity contribution in [1.82, 2.24) is 0 Å². The van der Waals surface area contributed by atoms with Gasteiger partial charge in [0.05, 0.1) is 20.8 Å². The zero-order valence-electron chi connectivity index (χ0n) is 9.99. The molecule has 3 heteroatoms. The average molecular weight is 222 g/mol. The molecule has 16 heavy (non-hydrogen) atoms. The number of hydrogen-bond acceptors (Lipinski definition) is 3. The van der Waals surface area contributed by atoms with Crippen LogP contribution < -0.4 is 9.47 Å². The molecule has 1 aromatic carbocycles. The number of ether oxygens (including phenoxy) is 2. The number of rotatable bonds is 4. The Morgan fingerprint density at radius 2 is 2.06 bits per heavy atom. The van der Waals surface area contributed by atoms with E-state index in [9.17, 15) is 5.11 Å². The number of hydrogen-bond donors (Lipinski definition) is 1. The second-order valence-electron chi connectivity index (χ2n) is 4.49. The maximum absolute atomic E-state index is 9.57. The molecule has 0 spiro atoms. The largest absolute Gasteiger partial charge is 0.497 e. The molecule has 2 rings (SSSR count). The Bertz CT molecular complexity index is 385. The molecule has 1 fully saturated rings. The first kappa shape index (κ1) is 11.3. The summed E-state index contributed by atoms with van der Waals surface area (Å²) in [6.45, 7) is 2.31. The van der Waals surface area contributed by atoms with E-state index in [0.29, 0.717) is 5.92 Å². The first-order valence-electron chi connectivity index (χ1n) is 5.51. The molecule has 1 saturated carbocycles. The molecule has 0 radical (unpaired) electrons. The Hall–Kier alpha value is -1.22. The molecule has 3 nitrogen and oxygen atoms in total. The van der Waals surface area contributed by atoms with E-state index in [4.69, 9.17) is 9.47 Å². The molecule has 1 aromatic rings. The van der Waals surface area contributed by atoms with Gasteiger partial charge in [-0.2, -0.15) is 0 Å². The van der Waals surface area contributed by atoms with E-state index >= 15 is 0 Å². The summed E-state index contributed by atoms with van der Waals surface area (Å²) in [5.41, 5.74) is 0.934. The van der Waals surface area contributed by atoms with Crippen LogP contribution in [0.4, 0.5) is 0 Å². The quantitative estimate of drug-likeness (QED) is 0.846. The summed E-state index contributed by atoms with van der Waals surface area (Å²) in [6, 6.07) is 5.75. The minimum Gasteiger partial charge on any atom is -0.497 e.